The number of aliphatic hydroxyl groups is 1. The van der Waals surface area contributed by atoms with Crippen LogP contribution in [-0.2, 0) is 32.1 Å². The lowest BCUT2D eigenvalue weighted by atomic mass is 9.87. The quantitative estimate of drug-likeness (QED) is 0.138. The van der Waals surface area contributed by atoms with E-state index >= 15 is 0 Å². The normalized spacial score (nSPS) is 19.9. The van der Waals surface area contributed by atoms with E-state index in [2.05, 4.69) is 23.6 Å². The van der Waals surface area contributed by atoms with Crippen LogP contribution in [0, 0.1) is 12.8 Å². The number of anilines is 1. The largest absolute Gasteiger partial charge is 0.444 e. The highest BCUT2D eigenvalue weighted by Gasteiger charge is 2.44. The number of fused-ring (bicyclic) bond motifs is 2. The van der Waals surface area contributed by atoms with Gasteiger partial charge in [0.2, 0.25) is 5.95 Å². The lowest BCUT2D eigenvalue weighted by molar-refractivity contribution is -0.0672. The fourth-order valence-corrected chi connectivity index (χ4v) is 11.0. The minimum Gasteiger partial charge on any atom is -0.444 e. The number of aliphatic hydroxyl groups excluding tert-OH is 1. The Morgan fingerprint density at radius 3 is 2.26 bits per heavy atom. The van der Waals surface area contributed by atoms with Crippen molar-refractivity contribution in [2.45, 2.75) is 102 Å². The second-order valence-electron chi connectivity index (χ2n) is 19.6. The number of rotatable bonds is 11. The molecule has 3 aromatic heterocycles. The first-order chi connectivity index (χ1) is 31.5. The number of piperidine rings is 1. The lowest BCUT2D eigenvalue weighted by Gasteiger charge is -2.46. The zero-order valence-electron chi connectivity index (χ0n) is 39.0. The molecule has 14 nitrogen and oxygen atoms in total. The van der Waals surface area contributed by atoms with E-state index in [0.717, 1.165) is 67.0 Å². The molecule has 0 spiro atoms. The molecule has 15 heteroatoms. The third-order valence-corrected chi connectivity index (χ3v) is 15.1. The van der Waals surface area contributed by atoms with Crippen LogP contribution in [0.1, 0.15) is 77.1 Å². The van der Waals surface area contributed by atoms with Crippen LogP contribution < -0.4 is 10.5 Å². The van der Waals surface area contributed by atoms with Gasteiger partial charge in [-0.2, -0.15) is 0 Å². The van der Waals surface area contributed by atoms with E-state index in [1.807, 2.05) is 81.1 Å². The number of aromatic nitrogens is 4. The molecule has 0 bridgehead atoms. The molecule has 1 amide bonds. The first-order valence-corrected chi connectivity index (χ1v) is 24.6. The molecule has 2 saturated heterocycles. The predicted octanol–water partition coefficient (Wildman–Crippen LogP) is 7.46. The Hall–Kier alpha value is -5.61. The number of carbonyl (C=O) groups is 1. The predicted molar refractivity (Wildman–Crippen MR) is 256 cm³/mol. The summed E-state index contributed by atoms with van der Waals surface area (Å²) in [6, 6.07) is 24.1. The molecule has 3 aliphatic rings. The van der Waals surface area contributed by atoms with Crippen molar-refractivity contribution in [3.05, 3.63) is 118 Å². The number of amides is 1. The summed E-state index contributed by atoms with van der Waals surface area (Å²) < 4.78 is 43.2. The molecule has 3 aromatic carbocycles. The number of ether oxygens (including phenoxy) is 2. The number of pyridine rings is 1. The average Bonchev–Trinajstić information content (AvgIpc) is 4.00. The Balaban J connectivity index is 1.07. The molecule has 66 heavy (non-hydrogen) atoms. The number of benzene rings is 3. The molecule has 9 rings (SSSR count). The van der Waals surface area contributed by atoms with Crippen LogP contribution in [0.5, 0.6) is 0 Å². The van der Waals surface area contributed by atoms with Gasteiger partial charge in [0.05, 0.1) is 28.8 Å². The molecule has 6 aromatic rings. The summed E-state index contributed by atoms with van der Waals surface area (Å²) in [5.41, 5.74) is 2.00. The van der Waals surface area contributed by atoms with Crippen LogP contribution in [0.25, 0.3) is 32.9 Å². The summed E-state index contributed by atoms with van der Waals surface area (Å²) in [6.45, 7) is 15.3. The molecular weight excluding hydrogens is 855 g/mol. The van der Waals surface area contributed by atoms with Gasteiger partial charge in [-0.15, -0.1) is 0 Å². The number of nitrogens with zero attached hydrogens (tertiary/aromatic N) is 7. The van der Waals surface area contributed by atoms with E-state index in [1.165, 1.54) is 10.8 Å². The molecule has 0 radical (unpaired) electrons. The van der Waals surface area contributed by atoms with Crippen molar-refractivity contribution in [1.29, 1.82) is 0 Å². The van der Waals surface area contributed by atoms with Gasteiger partial charge in [0.1, 0.15) is 11.1 Å². The molecular formula is C51H61N7O7S. The molecule has 3 atom stereocenters. The van der Waals surface area contributed by atoms with Crippen molar-refractivity contribution in [1.82, 2.24) is 28.3 Å². The lowest BCUT2D eigenvalue weighted by Crippen LogP contribution is -2.59. The van der Waals surface area contributed by atoms with Crippen LogP contribution in [0.3, 0.4) is 0 Å². The third-order valence-electron chi connectivity index (χ3n) is 13.4. The van der Waals surface area contributed by atoms with Gasteiger partial charge in [0.15, 0.2) is 5.60 Å². The smallest absolute Gasteiger partial charge is 0.410 e. The SMILES string of the molecule is Cc1ccc(S(=O)(=O)n2ccc3c(-c4ccc5nc(N6CCC(CN7C[C@@H](C)N(C(=O)OC(C)(C)C)C[C@@H]7C)CC6)nc(C(CO)(OC6CC6)c6ccccc6)c5c4)cn(C)c(=O)c32)cc1. The fourth-order valence-electron chi connectivity index (χ4n) is 9.63. The topological polar surface area (TPSA) is 152 Å². The van der Waals surface area contributed by atoms with E-state index in [0.29, 0.717) is 51.5 Å². The molecule has 3 fully saturated rings. The maximum Gasteiger partial charge on any atom is 0.410 e. The zero-order valence-corrected chi connectivity index (χ0v) is 39.8. The highest BCUT2D eigenvalue weighted by molar-refractivity contribution is 7.90. The summed E-state index contributed by atoms with van der Waals surface area (Å²) in [6.07, 6.45) is 6.48. The van der Waals surface area contributed by atoms with Gasteiger partial charge in [0, 0.05) is 80.6 Å². The van der Waals surface area contributed by atoms with Gasteiger partial charge in [-0.25, -0.2) is 27.2 Å². The molecule has 2 aliphatic heterocycles. The van der Waals surface area contributed by atoms with Gasteiger partial charge in [-0.05, 0) is 115 Å². The first kappa shape index (κ1) is 45.5. The Bertz CT molecular complexity index is 2940. The number of piperazine rings is 1. The first-order valence-electron chi connectivity index (χ1n) is 23.1. The molecule has 348 valence electrons. The molecule has 5 heterocycles. The van der Waals surface area contributed by atoms with Gasteiger partial charge < -0.3 is 28.9 Å². The minimum atomic E-state index is -4.10. The number of carbonyl (C=O) groups excluding carboxylic acids is 1. The van der Waals surface area contributed by atoms with E-state index in [9.17, 15) is 23.1 Å². The van der Waals surface area contributed by atoms with Crippen LogP contribution in [0.15, 0.2) is 101 Å². The van der Waals surface area contributed by atoms with Crippen molar-refractivity contribution in [2.75, 3.05) is 44.2 Å². The van der Waals surface area contributed by atoms with Gasteiger partial charge in [-0.3, -0.25) is 9.69 Å². The Morgan fingerprint density at radius 1 is 0.879 bits per heavy atom. The van der Waals surface area contributed by atoms with Crippen LogP contribution in [0.2, 0.25) is 0 Å². The van der Waals surface area contributed by atoms with E-state index in [1.54, 1.807) is 43.6 Å². The average molecular weight is 916 g/mol. The van der Waals surface area contributed by atoms with E-state index in [-0.39, 0.29) is 41.3 Å². The monoisotopic (exact) mass is 915 g/mol. The van der Waals surface area contributed by atoms with Gasteiger partial charge in [0.25, 0.3) is 15.6 Å². The minimum absolute atomic E-state index is 0.0384. The highest BCUT2D eigenvalue weighted by Crippen LogP contribution is 2.43. The molecule has 1 saturated carbocycles. The second-order valence-corrected chi connectivity index (χ2v) is 21.5. The second kappa shape index (κ2) is 17.6. The highest BCUT2D eigenvalue weighted by atomic mass is 32.2. The standard InChI is InChI=1S/C51H61N7O7S/c1-33-13-18-40(19-14-33)66(62,63)58-26-23-41-43(31-54(7)47(60)45(41)58)37-15-20-44-42(27-37)46(51(32-59,64-39-16-17-39)38-11-9-8-10-12-38)53-48(52-44)55-24-21-36(22-25-55)30-56-28-35(3)57(29-34(56)2)49(61)65-50(4,5)6/h8-15,18-20,23,26-27,31,34-36,39,59H,16-17,21-22,24-25,28-30,32H2,1-7H3/t34-,35+,51?/m0/s1. The van der Waals surface area contributed by atoms with E-state index < -0.39 is 26.8 Å². The summed E-state index contributed by atoms with van der Waals surface area (Å²) in [4.78, 5) is 44.1. The fraction of sp³-hybridized carbons (Fsp3) is 0.451. The summed E-state index contributed by atoms with van der Waals surface area (Å²) in [5, 5.41) is 12.8. The van der Waals surface area contributed by atoms with Crippen LogP contribution >= 0.6 is 0 Å². The summed E-state index contributed by atoms with van der Waals surface area (Å²) in [5.74, 6) is 1.01. The van der Waals surface area contributed by atoms with Crippen LogP contribution in [0.4, 0.5) is 10.7 Å². The van der Waals surface area contributed by atoms with Gasteiger partial charge >= 0.3 is 6.09 Å². The van der Waals surface area contributed by atoms with Crippen molar-refractivity contribution in [2.24, 2.45) is 13.0 Å². The maximum absolute atomic E-state index is 14.0. The number of aryl methyl sites for hydroxylation is 2. The Morgan fingerprint density at radius 2 is 1.59 bits per heavy atom. The van der Waals surface area contributed by atoms with Crippen LogP contribution in [-0.4, -0.2) is 111 Å². The molecule has 1 N–H and O–H groups in total. The number of hydrogen-bond donors (Lipinski definition) is 1. The Labute approximate surface area is 386 Å². The van der Waals surface area contributed by atoms with Crippen molar-refractivity contribution in [3.8, 4) is 11.1 Å². The summed E-state index contributed by atoms with van der Waals surface area (Å²) >= 11 is 0. The number of hydrogen-bond acceptors (Lipinski definition) is 11. The molecule has 1 unspecified atom stereocenters. The third kappa shape index (κ3) is 8.73. The van der Waals surface area contributed by atoms with Crippen molar-refractivity contribution < 1.29 is 27.8 Å². The zero-order chi connectivity index (χ0) is 46.7. The maximum atomic E-state index is 14.0. The molecule has 1 aliphatic carbocycles. The Kier molecular flexibility index (Phi) is 12.1. The van der Waals surface area contributed by atoms with Crippen molar-refractivity contribution >= 4 is 43.9 Å². The van der Waals surface area contributed by atoms with Gasteiger partial charge in [-0.1, -0.05) is 54.1 Å². The van der Waals surface area contributed by atoms with E-state index in [4.69, 9.17) is 19.4 Å². The van der Waals surface area contributed by atoms with Crippen molar-refractivity contribution in [3.63, 3.8) is 0 Å². The summed E-state index contributed by atoms with van der Waals surface area (Å²) in [7, 11) is -2.48.